The van der Waals surface area contributed by atoms with Gasteiger partial charge in [-0.15, -0.1) is 0 Å². The van der Waals surface area contributed by atoms with Gasteiger partial charge in [-0.05, 0) is 62.5 Å². The fraction of sp³-hybridized carbons (Fsp3) is 0.667. The Balaban J connectivity index is 1.25. The van der Waals surface area contributed by atoms with Crippen LogP contribution in [-0.4, -0.2) is 57.2 Å². The molecule has 4 fully saturated rings. The van der Waals surface area contributed by atoms with Gasteiger partial charge in [0.05, 0.1) is 11.0 Å². The van der Waals surface area contributed by atoms with Gasteiger partial charge in [-0.1, -0.05) is 37.8 Å². The molecular weight excluding hydrogens is 428 g/mol. The van der Waals surface area contributed by atoms with Crippen molar-refractivity contribution in [2.45, 2.75) is 82.3 Å². The molecule has 182 valence electrons. The Kier molecular flexibility index (Phi) is 5.84. The normalized spacial score (nSPS) is 30.6. The van der Waals surface area contributed by atoms with E-state index in [1.165, 1.54) is 44.9 Å². The number of nitrogens with zero attached hydrogens (tertiary/aromatic N) is 4. The Morgan fingerprint density at radius 2 is 1.59 bits per heavy atom. The van der Waals surface area contributed by atoms with E-state index in [2.05, 4.69) is 9.88 Å². The number of aromatic nitrogens is 2. The molecule has 2 saturated heterocycles. The lowest BCUT2D eigenvalue weighted by molar-refractivity contribution is -0.140. The van der Waals surface area contributed by atoms with Crippen LogP contribution in [0.2, 0.25) is 0 Å². The molecule has 2 bridgehead atoms. The van der Waals surface area contributed by atoms with Crippen LogP contribution in [0.1, 0.15) is 70.3 Å². The van der Waals surface area contributed by atoms with Gasteiger partial charge in [-0.3, -0.25) is 4.79 Å². The number of carbonyl (C=O) groups is 1. The van der Waals surface area contributed by atoms with Crippen molar-refractivity contribution in [3.63, 3.8) is 0 Å². The van der Waals surface area contributed by atoms with Crippen molar-refractivity contribution in [1.29, 1.82) is 0 Å². The van der Waals surface area contributed by atoms with Crippen LogP contribution in [0.25, 0.3) is 11.0 Å². The second-order valence-electron chi connectivity index (χ2n) is 11.1. The average molecular weight is 465 g/mol. The highest BCUT2D eigenvalue weighted by Crippen LogP contribution is 2.41. The Bertz CT molecular complexity index is 1110. The van der Waals surface area contributed by atoms with E-state index in [9.17, 15) is 14.7 Å². The summed E-state index contributed by atoms with van der Waals surface area (Å²) < 4.78 is 1.94. The summed E-state index contributed by atoms with van der Waals surface area (Å²) in [6.07, 6.45) is 12.3. The quantitative estimate of drug-likeness (QED) is 0.735. The molecule has 6 rings (SSSR count). The van der Waals surface area contributed by atoms with Crippen LogP contribution >= 0.6 is 0 Å². The van der Waals surface area contributed by atoms with Gasteiger partial charge in [0.15, 0.2) is 5.82 Å². The molecule has 0 amide bonds. The van der Waals surface area contributed by atoms with Crippen molar-refractivity contribution in [3.05, 3.63) is 34.6 Å². The smallest absolute Gasteiger partial charge is 0.326 e. The highest BCUT2D eigenvalue weighted by molar-refractivity contribution is 5.81. The zero-order valence-corrected chi connectivity index (χ0v) is 19.9. The van der Waals surface area contributed by atoms with Gasteiger partial charge in [-0.2, -0.15) is 0 Å². The van der Waals surface area contributed by atoms with Gasteiger partial charge in [0.25, 0.3) is 5.56 Å². The molecule has 7 heteroatoms. The third-order valence-electron chi connectivity index (χ3n) is 9.09. The van der Waals surface area contributed by atoms with Crippen LogP contribution < -0.4 is 10.5 Å². The minimum absolute atomic E-state index is 0.130. The SMILES string of the molecule is O=C(O)[C@H]1CCN1c1nc2ccccc2n(C2CCN([C@@H]3C[C@@H]4CCCC[C@@H](C4)C3)CC2)c1=O. The first-order valence-corrected chi connectivity index (χ1v) is 13.3. The van der Waals surface area contributed by atoms with Crippen LogP contribution in [0.5, 0.6) is 0 Å². The van der Waals surface area contributed by atoms with Gasteiger partial charge >= 0.3 is 5.97 Å². The number of anilines is 1. The Hall–Kier alpha value is -2.41. The van der Waals surface area contributed by atoms with Gasteiger partial charge < -0.3 is 19.5 Å². The van der Waals surface area contributed by atoms with E-state index in [0.717, 1.165) is 48.8 Å². The summed E-state index contributed by atoms with van der Waals surface area (Å²) in [4.78, 5) is 34.3. The van der Waals surface area contributed by atoms with Gasteiger partial charge in [0.1, 0.15) is 6.04 Å². The lowest BCUT2D eigenvalue weighted by atomic mass is 9.77. The number of aliphatic carboxylic acids is 1. The van der Waals surface area contributed by atoms with E-state index in [0.29, 0.717) is 24.8 Å². The molecule has 2 aliphatic heterocycles. The summed E-state index contributed by atoms with van der Waals surface area (Å²) in [5.74, 6) is 1.25. The second kappa shape index (κ2) is 8.99. The van der Waals surface area contributed by atoms with E-state index in [1.807, 2.05) is 28.8 Å². The number of piperidine rings is 1. The van der Waals surface area contributed by atoms with Gasteiger partial charge in [0.2, 0.25) is 0 Å². The highest BCUT2D eigenvalue weighted by Gasteiger charge is 2.39. The van der Waals surface area contributed by atoms with Crippen molar-refractivity contribution >= 4 is 22.8 Å². The summed E-state index contributed by atoms with van der Waals surface area (Å²) in [5, 5.41) is 9.53. The van der Waals surface area contributed by atoms with E-state index in [-0.39, 0.29) is 11.6 Å². The van der Waals surface area contributed by atoms with Crippen LogP contribution in [-0.2, 0) is 4.79 Å². The zero-order valence-electron chi connectivity index (χ0n) is 19.9. The van der Waals surface area contributed by atoms with Crippen LogP contribution in [0, 0.1) is 11.8 Å². The Morgan fingerprint density at radius 1 is 0.882 bits per heavy atom. The fourth-order valence-electron chi connectivity index (χ4n) is 7.26. The molecule has 2 saturated carbocycles. The molecule has 1 aromatic carbocycles. The third kappa shape index (κ3) is 3.92. The van der Waals surface area contributed by atoms with Crippen LogP contribution in [0.4, 0.5) is 5.82 Å². The van der Waals surface area contributed by atoms with Crippen LogP contribution in [0.15, 0.2) is 29.1 Å². The molecule has 34 heavy (non-hydrogen) atoms. The molecule has 0 spiro atoms. The first kappa shape index (κ1) is 22.1. The molecule has 0 radical (unpaired) electrons. The number of benzene rings is 1. The number of carboxylic acids is 1. The zero-order chi connectivity index (χ0) is 23.2. The van der Waals surface area contributed by atoms with E-state index < -0.39 is 12.0 Å². The molecule has 4 atom stereocenters. The monoisotopic (exact) mass is 464 g/mol. The summed E-state index contributed by atoms with van der Waals surface area (Å²) >= 11 is 0. The van der Waals surface area contributed by atoms with Crippen molar-refractivity contribution in [2.24, 2.45) is 11.8 Å². The van der Waals surface area contributed by atoms with E-state index in [4.69, 9.17) is 0 Å². The minimum Gasteiger partial charge on any atom is -0.480 e. The first-order valence-electron chi connectivity index (χ1n) is 13.3. The number of fused-ring (bicyclic) bond motifs is 3. The van der Waals surface area contributed by atoms with Crippen molar-refractivity contribution in [1.82, 2.24) is 14.5 Å². The third-order valence-corrected chi connectivity index (χ3v) is 9.09. The molecule has 2 aromatic rings. The number of rotatable bonds is 4. The molecule has 0 unspecified atom stereocenters. The molecule has 3 heterocycles. The fourth-order valence-corrected chi connectivity index (χ4v) is 7.26. The number of hydrogen-bond donors (Lipinski definition) is 1. The van der Waals surface area contributed by atoms with Crippen molar-refractivity contribution < 1.29 is 9.90 Å². The predicted octanol–water partition coefficient (Wildman–Crippen LogP) is 4.06. The van der Waals surface area contributed by atoms with Gasteiger partial charge in [0, 0.05) is 31.7 Å². The summed E-state index contributed by atoms with van der Waals surface area (Å²) in [5.41, 5.74) is 1.50. The maximum atomic E-state index is 13.7. The summed E-state index contributed by atoms with van der Waals surface area (Å²) in [6, 6.07) is 8.00. The van der Waals surface area contributed by atoms with Crippen LogP contribution in [0.3, 0.4) is 0 Å². The predicted molar refractivity (Wildman–Crippen MR) is 132 cm³/mol. The number of carboxylic acid groups (broad SMARTS) is 1. The van der Waals surface area contributed by atoms with Crippen molar-refractivity contribution in [2.75, 3.05) is 24.5 Å². The summed E-state index contributed by atoms with van der Waals surface area (Å²) in [7, 11) is 0. The molecule has 7 nitrogen and oxygen atoms in total. The number of hydrogen-bond acceptors (Lipinski definition) is 5. The summed E-state index contributed by atoms with van der Waals surface area (Å²) in [6.45, 7) is 2.64. The minimum atomic E-state index is -0.881. The second-order valence-corrected chi connectivity index (χ2v) is 11.1. The topological polar surface area (TPSA) is 78.7 Å². The standard InChI is InChI=1S/C27H36N4O3/c32-26-25(30-14-11-24(30)27(33)34)28-22-7-3-4-8-23(22)31(26)20-9-12-29(13-10-20)21-16-18-5-1-2-6-19(15-18)17-21/h3-4,7-8,18-21,24H,1-2,5-6,9-17H2,(H,33,34)/t18-,19+,21-,24-/m1/s1. The average Bonchev–Trinajstić information content (AvgIpc) is 2.98. The molecule has 2 aliphatic carbocycles. The highest BCUT2D eigenvalue weighted by atomic mass is 16.4. The first-order chi connectivity index (χ1) is 16.6. The molecule has 4 aliphatic rings. The maximum absolute atomic E-state index is 13.7. The maximum Gasteiger partial charge on any atom is 0.326 e. The largest absolute Gasteiger partial charge is 0.480 e. The van der Waals surface area contributed by atoms with Gasteiger partial charge in [-0.25, -0.2) is 9.78 Å². The molecule has 1 N–H and O–H groups in total. The van der Waals surface area contributed by atoms with Crippen molar-refractivity contribution in [3.8, 4) is 0 Å². The number of likely N-dealkylation sites (tertiary alicyclic amines) is 1. The van der Waals surface area contributed by atoms with E-state index in [1.54, 1.807) is 4.90 Å². The Labute approximate surface area is 200 Å². The lowest BCUT2D eigenvalue weighted by Gasteiger charge is -2.43. The number of para-hydroxylation sites is 2. The Morgan fingerprint density at radius 3 is 2.24 bits per heavy atom. The van der Waals surface area contributed by atoms with E-state index >= 15 is 0 Å². The lowest BCUT2D eigenvalue weighted by Crippen LogP contribution is -2.55. The molecule has 1 aromatic heterocycles. The molecular formula is C27H36N4O3.